The Morgan fingerprint density at radius 3 is 2.81 bits per heavy atom. The molecule has 0 aliphatic rings. The first-order chi connectivity index (χ1) is 7.54. The van der Waals surface area contributed by atoms with Crippen molar-refractivity contribution in [2.24, 2.45) is 7.05 Å². The van der Waals surface area contributed by atoms with Crippen molar-refractivity contribution in [1.29, 1.82) is 0 Å². The van der Waals surface area contributed by atoms with Crippen LogP contribution in [0.5, 0.6) is 0 Å². The Bertz CT molecular complexity index is 359. The normalized spacial score (nSPS) is 12.5. The molecule has 5 heteroatoms. The number of hydrogen-bond acceptors (Lipinski definition) is 3. The van der Waals surface area contributed by atoms with Crippen molar-refractivity contribution >= 4 is 5.91 Å². The summed E-state index contributed by atoms with van der Waals surface area (Å²) in [5.74, 6) is -0.0635. The molecule has 0 bridgehead atoms. The highest BCUT2D eigenvalue weighted by Crippen LogP contribution is 2.01. The maximum atomic E-state index is 11.8. The van der Waals surface area contributed by atoms with Gasteiger partial charge in [-0.2, -0.15) is 5.10 Å². The molecule has 1 atom stereocenters. The number of nitrogens with zero attached hydrogens (tertiary/aromatic N) is 2. The van der Waals surface area contributed by atoms with E-state index in [0.29, 0.717) is 18.3 Å². The molecule has 0 aliphatic heterocycles. The summed E-state index contributed by atoms with van der Waals surface area (Å²) in [6, 6.07) is 2.20. The second-order valence-corrected chi connectivity index (χ2v) is 4.03. The number of aryl methyl sites for hydroxylation is 2. The minimum atomic E-state index is -0.0635. The van der Waals surface area contributed by atoms with E-state index in [1.165, 1.54) is 0 Å². The summed E-state index contributed by atoms with van der Waals surface area (Å²) in [7, 11) is 3.69. The number of hydrogen-bond donors (Lipinski definition) is 2. The van der Waals surface area contributed by atoms with E-state index in [1.807, 2.05) is 14.0 Å². The van der Waals surface area contributed by atoms with Gasteiger partial charge >= 0.3 is 0 Å². The molecule has 0 aromatic carbocycles. The van der Waals surface area contributed by atoms with Crippen LogP contribution < -0.4 is 10.6 Å². The maximum Gasteiger partial charge on any atom is 0.269 e. The Labute approximate surface area is 96.2 Å². The van der Waals surface area contributed by atoms with E-state index < -0.39 is 0 Å². The Balaban J connectivity index is 2.44. The Hall–Kier alpha value is -1.36. The fourth-order valence-corrected chi connectivity index (χ4v) is 1.46. The van der Waals surface area contributed by atoms with Crippen LogP contribution >= 0.6 is 0 Å². The van der Waals surface area contributed by atoms with Crippen molar-refractivity contribution in [3.05, 3.63) is 17.5 Å². The van der Waals surface area contributed by atoms with Crippen molar-refractivity contribution in [3.8, 4) is 0 Å². The van der Waals surface area contributed by atoms with Gasteiger partial charge in [-0.25, -0.2) is 0 Å². The van der Waals surface area contributed by atoms with Crippen LogP contribution in [0.1, 0.15) is 29.5 Å². The summed E-state index contributed by atoms with van der Waals surface area (Å²) in [4.78, 5) is 11.8. The maximum absolute atomic E-state index is 11.8. The van der Waals surface area contributed by atoms with Gasteiger partial charge in [0.1, 0.15) is 5.69 Å². The summed E-state index contributed by atoms with van der Waals surface area (Å²) in [5, 5.41) is 10.1. The third-order valence-corrected chi connectivity index (χ3v) is 2.59. The molecule has 0 saturated heterocycles. The van der Waals surface area contributed by atoms with Crippen molar-refractivity contribution in [1.82, 2.24) is 20.4 Å². The van der Waals surface area contributed by atoms with Crippen LogP contribution in [-0.4, -0.2) is 35.3 Å². The first-order valence-electron chi connectivity index (χ1n) is 5.50. The first kappa shape index (κ1) is 12.7. The fourth-order valence-electron chi connectivity index (χ4n) is 1.46. The molecule has 0 aliphatic carbocycles. The highest BCUT2D eigenvalue weighted by atomic mass is 16.2. The van der Waals surface area contributed by atoms with Crippen LogP contribution in [0.15, 0.2) is 6.07 Å². The van der Waals surface area contributed by atoms with Gasteiger partial charge in [0.25, 0.3) is 5.91 Å². The lowest BCUT2D eigenvalue weighted by Crippen LogP contribution is -2.31. The Kier molecular flexibility index (Phi) is 4.49. The van der Waals surface area contributed by atoms with Crippen LogP contribution in [0, 0.1) is 6.92 Å². The van der Waals surface area contributed by atoms with E-state index in [4.69, 9.17) is 0 Å². The molecule has 1 heterocycles. The van der Waals surface area contributed by atoms with E-state index in [2.05, 4.69) is 22.7 Å². The largest absolute Gasteiger partial charge is 0.351 e. The summed E-state index contributed by atoms with van der Waals surface area (Å²) >= 11 is 0. The second kappa shape index (κ2) is 5.65. The quantitative estimate of drug-likeness (QED) is 0.763. The SMILES string of the molecule is CNC(C)CCNC(=O)c1cc(C)nn1C. The molecule has 2 N–H and O–H groups in total. The molecule has 16 heavy (non-hydrogen) atoms. The van der Waals surface area contributed by atoms with Gasteiger partial charge in [-0.05, 0) is 33.4 Å². The van der Waals surface area contributed by atoms with Crippen molar-refractivity contribution < 1.29 is 4.79 Å². The third kappa shape index (κ3) is 3.34. The monoisotopic (exact) mass is 224 g/mol. The lowest BCUT2D eigenvalue weighted by molar-refractivity contribution is 0.0943. The summed E-state index contributed by atoms with van der Waals surface area (Å²) < 4.78 is 1.60. The zero-order chi connectivity index (χ0) is 12.1. The lowest BCUT2D eigenvalue weighted by Gasteiger charge is -2.10. The fraction of sp³-hybridized carbons (Fsp3) is 0.636. The van der Waals surface area contributed by atoms with Gasteiger partial charge in [-0.3, -0.25) is 9.48 Å². The molecule has 1 rings (SSSR count). The molecule has 0 spiro atoms. The molecule has 1 aromatic heterocycles. The van der Waals surface area contributed by atoms with Crippen molar-refractivity contribution in [2.45, 2.75) is 26.3 Å². The molecule has 5 nitrogen and oxygen atoms in total. The molecule has 1 aromatic rings. The molecule has 0 fully saturated rings. The molecular formula is C11H20N4O. The number of carbonyl (C=O) groups excluding carboxylic acids is 1. The standard InChI is InChI=1S/C11H20N4O/c1-8(12-3)5-6-13-11(16)10-7-9(2)14-15(10)4/h7-8,12H,5-6H2,1-4H3,(H,13,16). The van der Waals surface area contributed by atoms with Crippen LogP contribution in [0.25, 0.3) is 0 Å². The minimum absolute atomic E-state index is 0.0635. The van der Waals surface area contributed by atoms with E-state index in [9.17, 15) is 4.79 Å². The Morgan fingerprint density at radius 1 is 1.62 bits per heavy atom. The smallest absolute Gasteiger partial charge is 0.269 e. The molecule has 1 amide bonds. The Morgan fingerprint density at radius 2 is 2.31 bits per heavy atom. The number of aromatic nitrogens is 2. The number of rotatable bonds is 5. The zero-order valence-electron chi connectivity index (χ0n) is 10.4. The van der Waals surface area contributed by atoms with E-state index in [1.54, 1.807) is 17.8 Å². The third-order valence-electron chi connectivity index (χ3n) is 2.59. The topological polar surface area (TPSA) is 58.9 Å². The van der Waals surface area contributed by atoms with Gasteiger partial charge in [-0.15, -0.1) is 0 Å². The van der Waals surface area contributed by atoms with Crippen molar-refractivity contribution in [3.63, 3.8) is 0 Å². The van der Waals surface area contributed by atoms with E-state index in [0.717, 1.165) is 12.1 Å². The van der Waals surface area contributed by atoms with Gasteiger partial charge in [0, 0.05) is 19.6 Å². The summed E-state index contributed by atoms with van der Waals surface area (Å²) in [6.07, 6.45) is 0.916. The van der Waals surface area contributed by atoms with Crippen molar-refractivity contribution in [2.75, 3.05) is 13.6 Å². The van der Waals surface area contributed by atoms with Gasteiger partial charge < -0.3 is 10.6 Å². The average molecular weight is 224 g/mol. The second-order valence-electron chi connectivity index (χ2n) is 4.03. The highest BCUT2D eigenvalue weighted by molar-refractivity contribution is 5.92. The molecule has 0 radical (unpaired) electrons. The number of nitrogens with one attached hydrogen (secondary N) is 2. The minimum Gasteiger partial charge on any atom is -0.351 e. The van der Waals surface area contributed by atoms with Gasteiger partial charge in [0.15, 0.2) is 0 Å². The van der Waals surface area contributed by atoms with Gasteiger partial charge in [-0.1, -0.05) is 0 Å². The van der Waals surface area contributed by atoms with Crippen LogP contribution in [0.4, 0.5) is 0 Å². The first-order valence-corrected chi connectivity index (χ1v) is 5.50. The zero-order valence-corrected chi connectivity index (χ0v) is 10.4. The number of carbonyl (C=O) groups is 1. The van der Waals surface area contributed by atoms with Gasteiger partial charge in [0.2, 0.25) is 0 Å². The number of amides is 1. The lowest BCUT2D eigenvalue weighted by atomic mass is 10.2. The summed E-state index contributed by atoms with van der Waals surface area (Å²) in [6.45, 7) is 4.63. The van der Waals surface area contributed by atoms with E-state index in [-0.39, 0.29) is 5.91 Å². The van der Waals surface area contributed by atoms with Crippen LogP contribution in [-0.2, 0) is 7.05 Å². The van der Waals surface area contributed by atoms with Crippen LogP contribution in [0.3, 0.4) is 0 Å². The van der Waals surface area contributed by atoms with E-state index >= 15 is 0 Å². The van der Waals surface area contributed by atoms with Gasteiger partial charge in [0.05, 0.1) is 5.69 Å². The average Bonchev–Trinajstić information content (AvgIpc) is 2.57. The van der Waals surface area contributed by atoms with Crippen LogP contribution in [0.2, 0.25) is 0 Å². The molecular weight excluding hydrogens is 204 g/mol. The summed E-state index contributed by atoms with van der Waals surface area (Å²) in [5.41, 5.74) is 1.46. The molecule has 0 saturated carbocycles. The highest BCUT2D eigenvalue weighted by Gasteiger charge is 2.11. The molecule has 90 valence electrons. The molecule has 1 unspecified atom stereocenters. The predicted molar refractivity (Wildman–Crippen MR) is 63.4 cm³/mol. The predicted octanol–water partition coefficient (Wildman–Crippen LogP) is 0.456.